The lowest BCUT2D eigenvalue weighted by Crippen LogP contribution is -2.12. The summed E-state index contributed by atoms with van der Waals surface area (Å²) in [6.45, 7) is 3.86. The van der Waals surface area contributed by atoms with Crippen LogP contribution in [0.2, 0.25) is 0 Å². The molecule has 0 aliphatic rings. The van der Waals surface area contributed by atoms with Crippen LogP contribution in [0.4, 0.5) is 5.82 Å². The number of carbonyl (C=O) groups is 1. The zero-order chi connectivity index (χ0) is 18.1. The maximum absolute atomic E-state index is 12.5. The van der Waals surface area contributed by atoms with Gasteiger partial charge in [-0.05, 0) is 44.2 Å². The molecule has 1 amide bonds. The number of hydrogen-bond donors (Lipinski definition) is 1. The number of rotatable bonds is 4. The van der Waals surface area contributed by atoms with E-state index in [1.807, 2.05) is 44.2 Å². The van der Waals surface area contributed by atoms with Crippen molar-refractivity contribution in [2.75, 3.05) is 5.32 Å². The van der Waals surface area contributed by atoms with Gasteiger partial charge < -0.3 is 19.0 Å². The van der Waals surface area contributed by atoms with Crippen LogP contribution in [0.1, 0.15) is 21.7 Å². The Morgan fingerprint density at radius 2 is 1.88 bits per heavy atom. The zero-order valence-corrected chi connectivity index (χ0v) is 14.3. The predicted octanol–water partition coefficient (Wildman–Crippen LogP) is 5.08. The molecule has 0 spiro atoms. The lowest BCUT2D eigenvalue weighted by molar-refractivity contribution is 0.102. The van der Waals surface area contributed by atoms with Gasteiger partial charge in [0.2, 0.25) is 0 Å². The van der Waals surface area contributed by atoms with E-state index in [-0.39, 0.29) is 5.91 Å². The van der Waals surface area contributed by atoms with Gasteiger partial charge in [0.05, 0.1) is 5.39 Å². The molecule has 1 N–H and O–H groups in total. The summed E-state index contributed by atoms with van der Waals surface area (Å²) in [5, 5.41) is 7.16. The number of nitrogens with one attached hydrogen (secondary N) is 1. The number of aromatic nitrogens is 1. The van der Waals surface area contributed by atoms with Crippen molar-refractivity contribution in [1.82, 2.24) is 5.16 Å². The smallest absolute Gasteiger partial charge is 0.257 e. The fourth-order valence-corrected chi connectivity index (χ4v) is 2.65. The molecule has 6 nitrogen and oxygen atoms in total. The first-order valence-corrected chi connectivity index (χ1v) is 8.09. The highest BCUT2D eigenvalue weighted by atomic mass is 16.5. The van der Waals surface area contributed by atoms with E-state index >= 15 is 0 Å². The van der Waals surface area contributed by atoms with Crippen LogP contribution >= 0.6 is 0 Å². The number of amides is 1. The predicted molar refractivity (Wildman–Crippen MR) is 96.7 cm³/mol. The van der Waals surface area contributed by atoms with Crippen LogP contribution in [0.15, 0.2) is 63.7 Å². The number of anilines is 1. The molecule has 26 heavy (non-hydrogen) atoms. The summed E-state index contributed by atoms with van der Waals surface area (Å²) in [5.41, 5.74) is 2.12. The topological polar surface area (TPSA) is 77.5 Å². The van der Waals surface area contributed by atoms with Crippen molar-refractivity contribution >= 4 is 22.7 Å². The highest BCUT2D eigenvalue weighted by Crippen LogP contribution is 2.34. The summed E-state index contributed by atoms with van der Waals surface area (Å²) in [7, 11) is 0. The number of hydrogen-bond acceptors (Lipinski definition) is 5. The molecule has 0 bridgehead atoms. The van der Waals surface area contributed by atoms with Crippen molar-refractivity contribution in [1.29, 1.82) is 0 Å². The number of fused-ring (bicyclic) bond motifs is 1. The van der Waals surface area contributed by atoms with Crippen LogP contribution in [0.25, 0.3) is 11.0 Å². The van der Waals surface area contributed by atoms with Crippen LogP contribution in [0, 0.1) is 13.8 Å². The average molecular weight is 348 g/mol. The Morgan fingerprint density at radius 1 is 1.08 bits per heavy atom. The SMILES string of the molecule is Cc1ccc(Oc2cc(C(=O)Nc3ccon3)cc3oc(C)cc23)cc1. The van der Waals surface area contributed by atoms with Gasteiger partial charge in [0, 0.05) is 11.6 Å². The minimum absolute atomic E-state index is 0.330. The fraction of sp³-hybridized carbons (Fsp3) is 0.100. The zero-order valence-electron chi connectivity index (χ0n) is 14.3. The molecular weight excluding hydrogens is 332 g/mol. The van der Waals surface area contributed by atoms with Crippen LogP contribution in [0.3, 0.4) is 0 Å². The lowest BCUT2D eigenvalue weighted by atomic mass is 10.1. The lowest BCUT2D eigenvalue weighted by Gasteiger charge is -2.09. The Morgan fingerprint density at radius 3 is 2.62 bits per heavy atom. The summed E-state index contributed by atoms with van der Waals surface area (Å²) in [6, 6.07) is 14.5. The van der Waals surface area contributed by atoms with E-state index in [0.717, 1.165) is 16.7 Å². The molecule has 0 aliphatic heterocycles. The van der Waals surface area contributed by atoms with E-state index in [2.05, 4.69) is 10.5 Å². The van der Waals surface area contributed by atoms with Gasteiger partial charge in [0.15, 0.2) is 5.82 Å². The number of carbonyl (C=O) groups excluding carboxylic acids is 1. The highest BCUT2D eigenvalue weighted by Gasteiger charge is 2.16. The molecule has 4 rings (SSSR count). The molecule has 2 heterocycles. The van der Waals surface area contributed by atoms with Crippen molar-refractivity contribution < 1.29 is 18.5 Å². The minimum Gasteiger partial charge on any atom is -0.461 e. The number of aryl methyl sites for hydroxylation is 2. The van der Waals surface area contributed by atoms with Crippen LogP contribution in [-0.2, 0) is 0 Å². The Balaban J connectivity index is 1.72. The average Bonchev–Trinajstić information content (AvgIpc) is 3.25. The maximum Gasteiger partial charge on any atom is 0.257 e. The number of nitrogens with zero attached hydrogens (tertiary/aromatic N) is 1. The molecule has 0 fully saturated rings. The molecule has 2 aromatic heterocycles. The molecule has 6 heteroatoms. The number of furan rings is 1. The molecule has 0 radical (unpaired) electrons. The third-order valence-electron chi connectivity index (χ3n) is 3.91. The van der Waals surface area contributed by atoms with E-state index < -0.39 is 0 Å². The molecule has 4 aromatic rings. The van der Waals surface area contributed by atoms with E-state index in [1.54, 1.807) is 18.2 Å². The van der Waals surface area contributed by atoms with Crippen LogP contribution in [0.5, 0.6) is 11.5 Å². The van der Waals surface area contributed by atoms with E-state index in [4.69, 9.17) is 13.7 Å². The second-order valence-electron chi connectivity index (χ2n) is 6.00. The van der Waals surface area contributed by atoms with Gasteiger partial charge in [-0.15, -0.1) is 0 Å². The summed E-state index contributed by atoms with van der Waals surface area (Å²) in [4.78, 5) is 12.5. The van der Waals surface area contributed by atoms with Gasteiger partial charge in [0.1, 0.15) is 29.1 Å². The van der Waals surface area contributed by atoms with Crippen molar-refractivity contribution in [2.24, 2.45) is 0 Å². The molecule has 0 atom stereocenters. The second kappa shape index (κ2) is 6.40. The van der Waals surface area contributed by atoms with Gasteiger partial charge in [-0.2, -0.15) is 0 Å². The van der Waals surface area contributed by atoms with Crippen molar-refractivity contribution in [3.05, 3.63) is 71.7 Å². The van der Waals surface area contributed by atoms with E-state index in [1.165, 1.54) is 6.26 Å². The fourth-order valence-electron chi connectivity index (χ4n) is 2.65. The molecular formula is C20H16N2O4. The molecule has 0 saturated carbocycles. The third kappa shape index (κ3) is 3.17. The van der Waals surface area contributed by atoms with Gasteiger partial charge in [-0.1, -0.05) is 22.9 Å². The second-order valence-corrected chi connectivity index (χ2v) is 6.00. The van der Waals surface area contributed by atoms with Crippen molar-refractivity contribution in [2.45, 2.75) is 13.8 Å². The Labute approximate surface area is 149 Å². The maximum atomic E-state index is 12.5. The number of benzene rings is 2. The van der Waals surface area contributed by atoms with E-state index in [0.29, 0.717) is 28.5 Å². The summed E-state index contributed by atoms with van der Waals surface area (Å²) < 4.78 is 16.4. The van der Waals surface area contributed by atoms with E-state index in [9.17, 15) is 4.79 Å². The molecule has 0 aliphatic carbocycles. The van der Waals surface area contributed by atoms with Gasteiger partial charge in [0.25, 0.3) is 5.91 Å². The summed E-state index contributed by atoms with van der Waals surface area (Å²) in [6.07, 6.45) is 1.39. The highest BCUT2D eigenvalue weighted by molar-refractivity contribution is 6.06. The summed E-state index contributed by atoms with van der Waals surface area (Å²) >= 11 is 0. The van der Waals surface area contributed by atoms with Gasteiger partial charge >= 0.3 is 0 Å². The largest absolute Gasteiger partial charge is 0.461 e. The Kier molecular flexibility index (Phi) is 3.93. The normalized spacial score (nSPS) is 10.8. The molecule has 2 aromatic carbocycles. The molecule has 0 unspecified atom stereocenters. The quantitative estimate of drug-likeness (QED) is 0.556. The van der Waals surface area contributed by atoms with Crippen LogP contribution in [-0.4, -0.2) is 11.1 Å². The first kappa shape index (κ1) is 16.0. The molecule has 130 valence electrons. The molecule has 0 saturated heterocycles. The van der Waals surface area contributed by atoms with Crippen molar-refractivity contribution in [3.63, 3.8) is 0 Å². The number of ether oxygens (including phenoxy) is 1. The monoisotopic (exact) mass is 348 g/mol. The minimum atomic E-state index is -0.330. The van der Waals surface area contributed by atoms with Gasteiger partial charge in [-0.25, -0.2) is 0 Å². The Bertz CT molecular complexity index is 1060. The standard InChI is InChI=1S/C20H16N2O4/c1-12-3-5-15(6-4-12)26-18-11-14(10-17-16(18)9-13(2)25-17)20(23)21-19-7-8-24-22-19/h3-11H,1-2H3,(H,21,22,23). The first-order valence-electron chi connectivity index (χ1n) is 8.09. The van der Waals surface area contributed by atoms with Crippen molar-refractivity contribution in [3.8, 4) is 11.5 Å². The first-order chi connectivity index (χ1) is 12.6. The van der Waals surface area contributed by atoms with Crippen LogP contribution < -0.4 is 10.1 Å². The third-order valence-corrected chi connectivity index (χ3v) is 3.91. The summed E-state index contributed by atoms with van der Waals surface area (Å²) in [5.74, 6) is 1.98. The van der Waals surface area contributed by atoms with Gasteiger partial charge in [-0.3, -0.25) is 4.79 Å². The Hall–Kier alpha value is -3.54.